The average Bonchev–Trinajstić information content (AvgIpc) is 2.89. The number of hydrogen-bond donors (Lipinski definition) is 0. The first-order valence-electron chi connectivity index (χ1n) is 8.65. The fraction of sp³-hybridized carbons (Fsp3) is 0.300. The molecule has 2 aromatic carbocycles. The molecule has 1 aliphatic rings. The Hall–Kier alpha value is -2.24. The van der Waals surface area contributed by atoms with E-state index in [0.29, 0.717) is 0 Å². The molecule has 1 aromatic heterocycles. The van der Waals surface area contributed by atoms with Crippen molar-refractivity contribution in [1.29, 1.82) is 0 Å². The molecule has 1 aliphatic heterocycles. The van der Waals surface area contributed by atoms with Crippen LogP contribution in [0, 0.1) is 18.6 Å². The van der Waals surface area contributed by atoms with E-state index in [1.165, 1.54) is 16.7 Å². The lowest BCUT2D eigenvalue weighted by atomic mass is 10.0. The Kier molecular flexibility index (Phi) is 4.27. The second-order valence-electron chi connectivity index (χ2n) is 6.66. The molecule has 4 rings (SSSR count). The maximum absolute atomic E-state index is 5.74. The smallest absolute Gasteiger partial charge is 0.203 e. The fourth-order valence-corrected chi connectivity index (χ4v) is 3.89. The van der Waals surface area contributed by atoms with Crippen LogP contribution in [0.4, 0.5) is 0 Å². The highest BCUT2D eigenvalue weighted by Gasteiger charge is 2.18. The Bertz CT molecular complexity index is 970. The van der Waals surface area contributed by atoms with Crippen molar-refractivity contribution in [3.8, 4) is 5.69 Å². The Morgan fingerprint density at radius 2 is 1.72 bits per heavy atom. The van der Waals surface area contributed by atoms with Gasteiger partial charge in [-0.3, -0.25) is 9.47 Å². The molecule has 0 saturated heterocycles. The molecule has 0 spiro atoms. The van der Waals surface area contributed by atoms with Crippen LogP contribution in [0.2, 0.25) is 0 Å². The molecular formula is C20H22N4S. The highest BCUT2D eigenvalue weighted by atomic mass is 32.1. The third kappa shape index (κ3) is 3.05. The van der Waals surface area contributed by atoms with Gasteiger partial charge in [0.2, 0.25) is 4.77 Å². The van der Waals surface area contributed by atoms with Gasteiger partial charge in [0.25, 0.3) is 0 Å². The number of rotatable bonds is 3. The van der Waals surface area contributed by atoms with E-state index in [4.69, 9.17) is 17.3 Å². The van der Waals surface area contributed by atoms with E-state index in [0.717, 1.165) is 42.5 Å². The number of fused-ring (bicyclic) bond motifs is 1. The lowest BCUT2D eigenvalue weighted by molar-refractivity contribution is 0.188. The molecule has 0 fully saturated rings. The molecule has 0 amide bonds. The Morgan fingerprint density at radius 1 is 1.00 bits per heavy atom. The van der Waals surface area contributed by atoms with Gasteiger partial charge in [0, 0.05) is 13.1 Å². The zero-order valence-electron chi connectivity index (χ0n) is 14.6. The average molecular weight is 350 g/mol. The summed E-state index contributed by atoms with van der Waals surface area (Å²) in [6.07, 6.45) is 1.08. The normalized spacial score (nSPS) is 14.5. The van der Waals surface area contributed by atoms with E-state index in [2.05, 4.69) is 52.8 Å². The van der Waals surface area contributed by atoms with Crippen molar-refractivity contribution in [2.45, 2.75) is 33.5 Å². The van der Waals surface area contributed by atoms with Crippen LogP contribution < -0.4 is 0 Å². The van der Waals surface area contributed by atoms with Gasteiger partial charge in [-0.1, -0.05) is 42.5 Å². The van der Waals surface area contributed by atoms with E-state index >= 15 is 0 Å². The molecule has 0 atom stereocenters. The number of benzene rings is 2. The lowest BCUT2D eigenvalue weighted by Crippen LogP contribution is -2.32. The highest BCUT2D eigenvalue weighted by Crippen LogP contribution is 2.20. The highest BCUT2D eigenvalue weighted by molar-refractivity contribution is 7.71. The van der Waals surface area contributed by atoms with Crippen LogP contribution in [0.1, 0.15) is 22.5 Å². The topological polar surface area (TPSA) is 26.0 Å². The summed E-state index contributed by atoms with van der Waals surface area (Å²) in [7, 11) is 0. The summed E-state index contributed by atoms with van der Waals surface area (Å²) in [5.41, 5.74) is 5.19. The standard InChI is InChI=1S/C20H22N4S/c1-15-7-3-6-10-19(15)24-16(2)21-23(20(24)25)14-22-12-11-17-8-4-5-9-18(17)13-22/h3-10H,11-14H2,1-2H3. The lowest BCUT2D eigenvalue weighted by Gasteiger charge is -2.28. The summed E-state index contributed by atoms with van der Waals surface area (Å²) in [5, 5.41) is 4.71. The molecular weight excluding hydrogens is 328 g/mol. The van der Waals surface area contributed by atoms with Crippen LogP contribution >= 0.6 is 12.2 Å². The summed E-state index contributed by atoms with van der Waals surface area (Å²) < 4.78 is 4.78. The van der Waals surface area contributed by atoms with E-state index in [1.807, 2.05) is 23.7 Å². The summed E-state index contributed by atoms with van der Waals surface area (Å²) >= 11 is 5.74. The first-order valence-corrected chi connectivity index (χ1v) is 9.06. The van der Waals surface area contributed by atoms with Crippen molar-refractivity contribution in [2.24, 2.45) is 0 Å². The maximum atomic E-state index is 5.74. The molecule has 25 heavy (non-hydrogen) atoms. The van der Waals surface area contributed by atoms with Crippen molar-refractivity contribution >= 4 is 12.2 Å². The first kappa shape index (κ1) is 16.2. The van der Waals surface area contributed by atoms with Gasteiger partial charge in [-0.05, 0) is 55.2 Å². The van der Waals surface area contributed by atoms with Gasteiger partial charge in [-0.25, -0.2) is 4.68 Å². The minimum atomic E-state index is 0.729. The Labute approximate surface area is 153 Å². The molecule has 0 N–H and O–H groups in total. The molecule has 0 aliphatic carbocycles. The van der Waals surface area contributed by atoms with E-state index in [9.17, 15) is 0 Å². The molecule has 0 saturated carbocycles. The van der Waals surface area contributed by atoms with Gasteiger partial charge in [-0.15, -0.1) is 0 Å². The quantitative estimate of drug-likeness (QED) is 0.667. The van der Waals surface area contributed by atoms with E-state index < -0.39 is 0 Å². The largest absolute Gasteiger partial charge is 0.280 e. The number of hydrogen-bond acceptors (Lipinski definition) is 3. The maximum Gasteiger partial charge on any atom is 0.203 e. The minimum Gasteiger partial charge on any atom is -0.280 e. The molecule has 2 heterocycles. The van der Waals surface area contributed by atoms with Gasteiger partial charge in [0.1, 0.15) is 5.82 Å². The molecule has 3 aromatic rings. The molecule has 128 valence electrons. The number of aryl methyl sites for hydroxylation is 2. The van der Waals surface area contributed by atoms with Crippen LogP contribution in [-0.4, -0.2) is 25.8 Å². The molecule has 0 radical (unpaired) electrons. The van der Waals surface area contributed by atoms with Crippen molar-refractivity contribution in [2.75, 3.05) is 6.54 Å². The van der Waals surface area contributed by atoms with Gasteiger partial charge in [0.05, 0.1) is 12.4 Å². The minimum absolute atomic E-state index is 0.729. The van der Waals surface area contributed by atoms with Gasteiger partial charge >= 0.3 is 0 Å². The van der Waals surface area contributed by atoms with Crippen molar-refractivity contribution in [3.05, 3.63) is 75.8 Å². The number of nitrogens with zero attached hydrogens (tertiary/aromatic N) is 4. The SMILES string of the molecule is Cc1ccccc1-n1c(C)nn(CN2CCc3ccccc3C2)c1=S. The predicted molar refractivity (Wildman–Crippen MR) is 102 cm³/mol. The summed E-state index contributed by atoms with van der Waals surface area (Å²) in [6.45, 7) is 6.84. The van der Waals surface area contributed by atoms with Crippen LogP contribution in [0.5, 0.6) is 0 Å². The third-order valence-electron chi connectivity index (χ3n) is 4.90. The summed E-state index contributed by atoms with van der Waals surface area (Å²) in [5.74, 6) is 0.928. The second kappa shape index (κ2) is 6.58. The van der Waals surface area contributed by atoms with Crippen LogP contribution in [0.3, 0.4) is 0 Å². The summed E-state index contributed by atoms with van der Waals surface area (Å²) in [6, 6.07) is 17.0. The number of aromatic nitrogens is 3. The monoisotopic (exact) mass is 350 g/mol. The van der Waals surface area contributed by atoms with Gasteiger partial charge in [-0.2, -0.15) is 5.10 Å². The van der Waals surface area contributed by atoms with Crippen molar-refractivity contribution in [1.82, 2.24) is 19.2 Å². The Morgan fingerprint density at radius 3 is 2.52 bits per heavy atom. The Balaban J connectivity index is 1.62. The van der Waals surface area contributed by atoms with E-state index in [-0.39, 0.29) is 0 Å². The van der Waals surface area contributed by atoms with E-state index in [1.54, 1.807) is 0 Å². The first-order chi connectivity index (χ1) is 12.1. The van der Waals surface area contributed by atoms with Crippen LogP contribution in [0.15, 0.2) is 48.5 Å². The van der Waals surface area contributed by atoms with Gasteiger partial charge in [0.15, 0.2) is 0 Å². The van der Waals surface area contributed by atoms with Crippen molar-refractivity contribution < 1.29 is 0 Å². The molecule has 0 bridgehead atoms. The van der Waals surface area contributed by atoms with Crippen LogP contribution in [-0.2, 0) is 19.6 Å². The second-order valence-corrected chi connectivity index (χ2v) is 7.03. The molecule has 5 heteroatoms. The predicted octanol–water partition coefficient (Wildman–Crippen LogP) is 4.04. The van der Waals surface area contributed by atoms with Crippen LogP contribution in [0.25, 0.3) is 5.69 Å². The number of para-hydroxylation sites is 1. The van der Waals surface area contributed by atoms with Gasteiger partial charge < -0.3 is 0 Å². The zero-order valence-corrected chi connectivity index (χ0v) is 15.5. The summed E-state index contributed by atoms with van der Waals surface area (Å²) in [4.78, 5) is 2.41. The fourth-order valence-electron chi connectivity index (χ4n) is 3.56. The molecule has 0 unspecified atom stereocenters. The zero-order chi connectivity index (χ0) is 17.4. The third-order valence-corrected chi connectivity index (χ3v) is 5.29. The molecule has 4 nitrogen and oxygen atoms in total. The van der Waals surface area contributed by atoms with Crippen molar-refractivity contribution in [3.63, 3.8) is 0 Å².